The molecule has 10 heterocycles. The molecule has 42 heteroatoms. The van der Waals surface area contributed by atoms with Gasteiger partial charge in [0, 0.05) is 148 Å². The van der Waals surface area contributed by atoms with Crippen molar-refractivity contribution in [1.82, 2.24) is 98.8 Å². The molecule has 0 radical (unpaired) electrons. The van der Waals surface area contributed by atoms with Gasteiger partial charge in [0.25, 0.3) is 33.7 Å². The number of H-pyrrole nitrogens is 5. The summed E-state index contributed by atoms with van der Waals surface area (Å²) in [7, 11) is 0. The first kappa shape index (κ1) is 85.9. The molecular formula is C72H112N25O17+5. The Kier molecular flexibility index (Phi) is 29.1. The molecule has 10 rings (SSSR count). The van der Waals surface area contributed by atoms with Gasteiger partial charge in [-0.25, -0.2) is 33.8 Å². The predicted octanol–water partition coefficient (Wildman–Crippen LogP) is -12.5. The van der Waals surface area contributed by atoms with E-state index in [0.29, 0.717) is 37.8 Å². The molecule has 42 nitrogen and oxygen atoms in total. The van der Waals surface area contributed by atoms with E-state index in [9.17, 15) is 81.8 Å². The number of rotatable bonds is 36. The van der Waals surface area contributed by atoms with E-state index < -0.39 is 158 Å². The van der Waals surface area contributed by atoms with Crippen LogP contribution < -0.4 is 111 Å². The summed E-state index contributed by atoms with van der Waals surface area (Å²) in [4.78, 5) is 236. The molecular weight excluding hydrogens is 1490 g/mol. The van der Waals surface area contributed by atoms with E-state index in [4.69, 9.17) is 0 Å². The third-order valence-corrected chi connectivity index (χ3v) is 22.8. The summed E-state index contributed by atoms with van der Waals surface area (Å²) in [5, 5.41) is 26.8. The highest BCUT2D eigenvalue weighted by Crippen LogP contribution is 2.31. The Balaban J connectivity index is 0.832. The van der Waals surface area contributed by atoms with E-state index in [1.54, 1.807) is 44.4 Å². The van der Waals surface area contributed by atoms with E-state index in [0.717, 1.165) is 25.8 Å². The molecule has 0 aliphatic carbocycles. The number of aliphatic hydroxyl groups is 1. The molecule has 5 aliphatic rings. The lowest BCUT2D eigenvalue weighted by Gasteiger charge is -2.27. The molecule has 5 saturated heterocycles. The Labute approximate surface area is 651 Å². The van der Waals surface area contributed by atoms with E-state index in [2.05, 4.69) is 79.4 Å². The Morgan fingerprint density at radius 3 is 1.02 bits per heavy atom. The van der Waals surface area contributed by atoms with Crippen molar-refractivity contribution in [1.29, 1.82) is 0 Å². The van der Waals surface area contributed by atoms with Gasteiger partial charge in [0.15, 0.2) is 12.6 Å². The molecule has 12 atom stereocenters. The number of aromatic amines is 5. The number of aryl methyl sites for hydroxylation is 5. The zero-order chi connectivity index (χ0) is 82.5. The molecule has 0 saturated carbocycles. The smallest absolute Gasteiger partial charge is 0.346 e. The molecule has 5 aromatic rings. The van der Waals surface area contributed by atoms with Gasteiger partial charge in [-0.05, 0) is 98.8 Å². The lowest BCUT2D eigenvalue weighted by molar-refractivity contribution is -0.474. The molecule has 5 fully saturated rings. The monoisotopic (exact) mass is 1600 g/mol. The van der Waals surface area contributed by atoms with Gasteiger partial charge in [-0.2, -0.15) is 0 Å². The average Bonchev–Trinajstić information content (AvgIpc) is 1.67. The number of likely N-dealkylation sites (tertiary alicyclic amines) is 5. The topological polar surface area (TPSA) is 598 Å². The molecule has 0 spiro atoms. The highest BCUT2D eigenvalue weighted by Gasteiger charge is 2.43. The first-order valence-corrected chi connectivity index (χ1v) is 39.0. The number of carbonyl (C=O) groups is 6. The summed E-state index contributed by atoms with van der Waals surface area (Å²) in [5.74, 6) is -2.78. The number of nitrogens with one attached hydrogen (secondary N) is 11. The van der Waals surface area contributed by atoms with Crippen LogP contribution in [0.1, 0.15) is 129 Å². The van der Waals surface area contributed by atoms with Gasteiger partial charge in [0.1, 0.15) is 12.6 Å². The molecule has 0 bridgehead atoms. The normalized spacial score (nSPS) is 22.9. The largest absolute Gasteiger partial charge is 0.463 e. The minimum atomic E-state index is -0.840. The lowest BCUT2D eigenvalue weighted by atomic mass is 10.1. The second-order valence-electron chi connectivity index (χ2n) is 31.2. The lowest BCUT2D eigenvalue weighted by Crippen LogP contribution is -2.78. The summed E-state index contributed by atoms with van der Waals surface area (Å²) < 4.78 is 7.01. The molecule has 24 N–H and O–H groups in total. The van der Waals surface area contributed by atoms with Crippen molar-refractivity contribution < 1.29 is 61.8 Å². The zero-order valence-electron chi connectivity index (χ0n) is 65.4. The fourth-order valence-electron chi connectivity index (χ4n) is 16.3. The van der Waals surface area contributed by atoms with Crippen molar-refractivity contribution in [2.24, 2.45) is 0 Å². The summed E-state index contributed by atoms with van der Waals surface area (Å²) in [5.41, 5.74) is 10.6. The van der Waals surface area contributed by atoms with Gasteiger partial charge in [-0.3, -0.25) is 126 Å². The number of hydrogen-bond donors (Lipinski definition) is 16. The number of nitrogens with zero attached hydrogens (tertiary/aromatic N) is 10. The Bertz CT molecular complexity index is 5010. The molecule has 6 amide bonds. The van der Waals surface area contributed by atoms with Crippen LogP contribution in [-0.2, 0) is 28.8 Å². The predicted molar refractivity (Wildman–Crippen MR) is 411 cm³/mol. The highest BCUT2D eigenvalue weighted by molar-refractivity contribution is 5.84. The summed E-state index contributed by atoms with van der Waals surface area (Å²) in [6.07, 6.45) is 12.5. The standard InChI is InChI=1S/C72H107N25O17/c1-39-24-93(68(110)83-62(39)104)49-14-44(19-77-57(99)35-89-30-51(95-26-41(3)64(106)85-70(95)112)16-46(89)21-79-59(101)37-91-32-53(97-28-43(5)66(108)87-72(97)114)18-48(91)23-81-67(109)54(75)10-6-8-12-73)88(29-49)34-56(98)78-20-45-15-50(94-25-40(2)63(105)84-69(94)111)31-90(45)36-58(100)80-22-47-17-52(96-27-42(4)65(107)86-71(96)113)33-92(47)38-60(102)82-55(61(76)103)11-7-9-13-74/h24-28,44-55H,6-23,29-38,73-75H2,1-5H3,(H2,76,103)(H,77,99)(H,78,98)(H,79,101)(H,80,100)(H,81,109)(H,82,102)(H,83,104,110)(H,84,105,111)(H,85,106,112)(H,86,107,113)(H,87,108,114)/p+5/t44-,45-,46-,47-,48-,49-,50-,51-,52-,53-,54+,55+/m1/s1. The Morgan fingerprint density at radius 2 is 0.702 bits per heavy atom. The molecule has 622 valence electrons. The molecule has 114 heavy (non-hydrogen) atoms. The van der Waals surface area contributed by atoms with Gasteiger partial charge in [-0.1, -0.05) is 0 Å². The number of amides is 6. The Morgan fingerprint density at radius 1 is 0.421 bits per heavy atom. The van der Waals surface area contributed by atoms with Crippen LogP contribution >= 0.6 is 0 Å². The fraction of sp³-hybridized carbons (Fsp3) is 0.625. The Hall–Kier alpha value is -10.5. The van der Waals surface area contributed by atoms with Crippen LogP contribution in [0.4, 0.5) is 0 Å². The van der Waals surface area contributed by atoms with Gasteiger partial charge < -0.3 is 48.9 Å². The van der Waals surface area contributed by atoms with Crippen LogP contribution in [0.2, 0.25) is 0 Å². The fourth-order valence-corrected chi connectivity index (χ4v) is 16.3. The van der Waals surface area contributed by atoms with Crippen molar-refractivity contribution in [3.63, 3.8) is 0 Å². The van der Waals surface area contributed by atoms with Crippen molar-refractivity contribution in [2.75, 3.05) is 111 Å². The van der Waals surface area contributed by atoms with Crippen LogP contribution in [0.15, 0.2) is 78.9 Å². The average molecular weight is 1600 g/mol. The summed E-state index contributed by atoms with van der Waals surface area (Å²) in [6, 6.07) is -6.76. The maximum absolute atomic E-state index is 14.5. The minimum Gasteiger partial charge on any atom is -0.463 e. The minimum absolute atomic E-state index is 0.00683. The van der Waals surface area contributed by atoms with Crippen LogP contribution in [-0.4, -0.2) is 272 Å². The SMILES string of the molecule is Cc1cn([C@@H]2C[C@H](CNC(=O)CN3C[C@H](n4cc(C)c(=O)[nH]c4=O)C[C@@H]3C[NH+]=C(O)CN3C[C@H](n4cc(C)c(=O)[nH]c4=O)C[C@@H]3CNC(=O)CN3C[C@H](n4cc(C)c(=O)[nH]c4=O)C[C@@H]3CNC(=O)[C@@H]([NH3+])CCCC[NH3+])N(CC(=O)NC[C@H]3C[C@@H](n4cc(C)c(=O)[nH]c4=O)CN3CC(=O)N[C@@H](CCCC[NH3+])C([NH3+])=O)C2)c(=O)[nH]c1=O. The van der Waals surface area contributed by atoms with Crippen LogP contribution in [0.5, 0.6) is 0 Å². The van der Waals surface area contributed by atoms with E-state index in [1.807, 2.05) is 14.7 Å². The van der Waals surface area contributed by atoms with Gasteiger partial charge in [0.05, 0.1) is 75.5 Å². The molecule has 5 aliphatic heterocycles. The van der Waals surface area contributed by atoms with Gasteiger partial charge >= 0.3 is 40.3 Å². The summed E-state index contributed by atoms with van der Waals surface area (Å²) in [6.45, 7) is 9.03. The molecule has 5 aromatic heterocycles. The second kappa shape index (κ2) is 38.6. The van der Waals surface area contributed by atoms with E-state index in [1.165, 1.54) is 53.8 Å². The van der Waals surface area contributed by atoms with Crippen molar-refractivity contribution in [3.05, 3.63) is 163 Å². The third-order valence-electron chi connectivity index (χ3n) is 22.8. The number of unbranched alkanes of at least 4 members (excludes halogenated alkanes) is 2. The second-order valence-corrected chi connectivity index (χ2v) is 31.2. The van der Waals surface area contributed by atoms with Crippen LogP contribution in [0.25, 0.3) is 0 Å². The number of carbonyl (C=O) groups excluding carboxylic acids is 6. The zero-order valence-corrected chi connectivity index (χ0v) is 65.4. The third kappa shape index (κ3) is 21.9. The van der Waals surface area contributed by atoms with Crippen molar-refractivity contribution in [3.8, 4) is 0 Å². The summed E-state index contributed by atoms with van der Waals surface area (Å²) >= 11 is 0. The quantitative estimate of drug-likeness (QED) is 0.0101. The van der Waals surface area contributed by atoms with Crippen molar-refractivity contribution >= 4 is 41.3 Å². The van der Waals surface area contributed by atoms with Gasteiger partial charge in [-0.15, -0.1) is 0 Å². The number of aromatic nitrogens is 10. The van der Waals surface area contributed by atoms with Crippen molar-refractivity contribution in [2.45, 2.75) is 178 Å². The van der Waals surface area contributed by atoms with Crippen LogP contribution in [0, 0.1) is 34.6 Å². The highest BCUT2D eigenvalue weighted by atomic mass is 16.3. The van der Waals surface area contributed by atoms with E-state index in [-0.39, 0.29) is 158 Å². The number of quaternary nitrogens is 4. The number of hydrogen-bond acceptors (Lipinski definition) is 21. The number of aliphatic hydroxyl groups excluding tert-OH is 1. The first-order valence-electron chi connectivity index (χ1n) is 39.0. The maximum Gasteiger partial charge on any atom is 0.346 e. The first-order chi connectivity index (χ1) is 54.2. The molecule has 0 unspecified atom stereocenters. The van der Waals surface area contributed by atoms with Gasteiger partial charge in [0.2, 0.25) is 23.6 Å². The maximum atomic E-state index is 14.5. The van der Waals surface area contributed by atoms with E-state index >= 15 is 0 Å². The molecule has 0 aromatic carbocycles. The van der Waals surface area contributed by atoms with Crippen LogP contribution in [0.3, 0.4) is 0 Å².